The molecule has 0 aliphatic carbocycles. The number of aromatic amines is 1. The van der Waals surface area contributed by atoms with Gasteiger partial charge in [-0.1, -0.05) is 0 Å². The predicted molar refractivity (Wildman–Crippen MR) is 81.4 cm³/mol. The van der Waals surface area contributed by atoms with Crippen molar-refractivity contribution < 1.29 is 4.74 Å². The largest absolute Gasteiger partial charge is 0.377 e. The lowest BCUT2D eigenvalue weighted by Crippen LogP contribution is -2.44. The quantitative estimate of drug-likeness (QED) is 0.904. The predicted octanol–water partition coefficient (Wildman–Crippen LogP) is 1.73. The van der Waals surface area contributed by atoms with E-state index in [1.807, 2.05) is 6.92 Å². The van der Waals surface area contributed by atoms with Crippen LogP contribution in [0.25, 0.3) is 11.0 Å². The number of hydrogen-bond acceptors (Lipinski definition) is 4. The smallest absolute Gasteiger partial charge is 0.209 e. The van der Waals surface area contributed by atoms with Crippen LogP contribution in [0.15, 0.2) is 15.5 Å². The van der Waals surface area contributed by atoms with Gasteiger partial charge in [0, 0.05) is 19.2 Å². The molecule has 6 nitrogen and oxygen atoms in total. The highest BCUT2D eigenvalue weighted by Gasteiger charge is 2.22. The minimum absolute atomic E-state index is 0.00695. The molecule has 3 rings (SSSR count). The zero-order chi connectivity index (χ0) is 14.3. The molecule has 1 unspecified atom stereocenters. The van der Waals surface area contributed by atoms with E-state index in [2.05, 4.69) is 37.8 Å². The van der Waals surface area contributed by atoms with Crippen molar-refractivity contribution in [1.29, 1.82) is 0 Å². The molecule has 1 aliphatic rings. The summed E-state index contributed by atoms with van der Waals surface area (Å²) in [7, 11) is 0. The normalized spacial score (nSPS) is 19.8. The topological polar surface area (TPSA) is 63.1 Å². The fourth-order valence-corrected chi connectivity index (χ4v) is 3.10. The maximum absolute atomic E-state index is 12.4. The Morgan fingerprint density at radius 1 is 1.60 bits per heavy atom. The third-order valence-corrected chi connectivity index (χ3v) is 4.20. The van der Waals surface area contributed by atoms with E-state index >= 15 is 0 Å². The summed E-state index contributed by atoms with van der Waals surface area (Å²) < 4.78 is 7.83. The molecule has 0 radical (unpaired) electrons. The molecule has 1 fully saturated rings. The zero-order valence-electron chi connectivity index (χ0n) is 11.5. The van der Waals surface area contributed by atoms with Gasteiger partial charge in [0.2, 0.25) is 5.43 Å². The highest BCUT2D eigenvalue weighted by Crippen LogP contribution is 2.23. The number of nitrogens with zero attached hydrogens (tertiary/aromatic N) is 3. The van der Waals surface area contributed by atoms with Crippen LogP contribution in [0, 0.1) is 0 Å². The lowest BCUT2D eigenvalue weighted by Gasteiger charge is -2.34. The first-order chi connectivity index (χ1) is 9.61. The standard InChI is InChI=1S/C13H17BrN4O2/c1-3-18-12-9(19)6-10(15-11(12)13(14)16-18)17-4-5-20-7-8(17)2/h6,8H,3-5,7H2,1-2H3,(H,15,19). The summed E-state index contributed by atoms with van der Waals surface area (Å²) in [6, 6.07) is 1.90. The molecule has 3 heterocycles. The first kappa shape index (κ1) is 13.6. The van der Waals surface area contributed by atoms with Crippen molar-refractivity contribution in [3.63, 3.8) is 0 Å². The first-order valence-corrected chi connectivity index (χ1v) is 7.54. The van der Waals surface area contributed by atoms with Crippen LogP contribution in [0.1, 0.15) is 13.8 Å². The third kappa shape index (κ3) is 2.14. The van der Waals surface area contributed by atoms with Gasteiger partial charge in [-0.2, -0.15) is 5.10 Å². The number of aryl methyl sites for hydroxylation is 1. The monoisotopic (exact) mass is 340 g/mol. The molecule has 2 aromatic heterocycles. The van der Waals surface area contributed by atoms with Crippen LogP contribution < -0.4 is 10.3 Å². The Labute approximate surface area is 124 Å². The number of pyridine rings is 1. The molecule has 1 aliphatic heterocycles. The number of aromatic nitrogens is 3. The Balaban J connectivity index is 2.14. The van der Waals surface area contributed by atoms with Crippen molar-refractivity contribution >= 4 is 32.8 Å². The van der Waals surface area contributed by atoms with Crippen molar-refractivity contribution in [3.05, 3.63) is 20.9 Å². The highest BCUT2D eigenvalue weighted by atomic mass is 79.9. The van der Waals surface area contributed by atoms with Gasteiger partial charge in [-0.05, 0) is 29.8 Å². The summed E-state index contributed by atoms with van der Waals surface area (Å²) in [6.07, 6.45) is 0. The number of hydrogen-bond donors (Lipinski definition) is 1. The van der Waals surface area contributed by atoms with Gasteiger partial charge >= 0.3 is 0 Å². The summed E-state index contributed by atoms with van der Waals surface area (Å²) in [5.41, 5.74) is 1.37. The Kier molecular flexibility index (Phi) is 3.55. The molecule has 0 aromatic carbocycles. The molecule has 7 heteroatoms. The Hall–Kier alpha value is -1.34. The molecule has 20 heavy (non-hydrogen) atoms. The average molecular weight is 341 g/mol. The number of anilines is 1. The lowest BCUT2D eigenvalue weighted by molar-refractivity contribution is 0.0985. The summed E-state index contributed by atoms with van der Waals surface area (Å²) >= 11 is 3.42. The molecule has 0 saturated carbocycles. The van der Waals surface area contributed by atoms with E-state index in [4.69, 9.17) is 4.74 Å². The van der Waals surface area contributed by atoms with Crippen LogP contribution in [0.5, 0.6) is 0 Å². The molecular weight excluding hydrogens is 324 g/mol. The summed E-state index contributed by atoms with van der Waals surface area (Å²) in [5.74, 6) is 0.828. The summed E-state index contributed by atoms with van der Waals surface area (Å²) in [6.45, 7) is 6.86. The molecular formula is C13H17BrN4O2. The van der Waals surface area contributed by atoms with Crippen LogP contribution in [-0.2, 0) is 11.3 Å². The van der Waals surface area contributed by atoms with Crippen LogP contribution in [0.4, 0.5) is 5.82 Å². The van der Waals surface area contributed by atoms with Gasteiger partial charge in [-0.15, -0.1) is 0 Å². The molecule has 108 valence electrons. The van der Waals surface area contributed by atoms with Crippen LogP contribution in [0.3, 0.4) is 0 Å². The van der Waals surface area contributed by atoms with E-state index in [1.165, 1.54) is 0 Å². The number of ether oxygens (including phenoxy) is 1. The van der Waals surface area contributed by atoms with Crippen LogP contribution in [-0.4, -0.2) is 40.6 Å². The number of halogens is 1. The van der Waals surface area contributed by atoms with Gasteiger partial charge in [0.1, 0.15) is 16.9 Å². The maximum atomic E-state index is 12.4. The van der Waals surface area contributed by atoms with Crippen molar-refractivity contribution in [2.45, 2.75) is 26.4 Å². The van der Waals surface area contributed by atoms with E-state index in [9.17, 15) is 4.79 Å². The third-order valence-electron chi connectivity index (χ3n) is 3.64. The van der Waals surface area contributed by atoms with Gasteiger partial charge in [0.15, 0.2) is 4.60 Å². The fourth-order valence-electron chi connectivity index (χ4n) is 2.62. The second-order valence-corrected chi connectivity index (χ2v) is 5.72. The molecule has 0 bridgehead atoms. The zero-order valence-corrected chi connectivity index (χ0v) is 13.1. The van der Waals surface area contributed by atoms with Crippen LogP contribution in [0.2, 0.25) is 0 Å². The fraction of sp³-hybridized carbons (Fsp3) is 0.538. The second kappa shape index (κ2) is 5.21. The van der Waals surface area contributed by atoms with E-state index in [0.29, 0.717) is 29.9 Å². The number of H-pyrrole nitrogens is 1. The maximum Gasteiger partial charge on any atom is 0.209 e. The molecule has 1 atom stereocenters. The number of fused-ring (bicyclic) bond motifs is 1. The molecule has 2 aromatic rings. The Morgan fingerprint density at radius 2 is 2.40 bits per heavy atom. The lowest BCUT2D eigenvalue weighted by atomic mass is 10.2. The average Bonchev–Trinajstić information content (AvgIpc) is 2.76. The van der Waals surface area contributed by atoms with E-state index in [0.717, 1.165) is 17.9 Å². The molecule has 1 N–H and O–H groups in total. The van der Waals surface area contributed by atoms with E-state index in [1.54, 1.807) is 10.7 Å². The van der Waals surface area contributed by atoms with Gasteiger partial charge in [0.05, 0.1) is 19.3 Å². The number of morpholine rings is 1. The second-order valence-electron chi connectivity index (χ2n) is 4.97. The minimum atomic E-state index is -0.00695. The summed E-state index contributed by atoms with van der Waals surface area (Å²) in [4.78, 5) is 17.9. The Bertz CT molecular complexity index is 693. The molecule has 0 amide bonds. The highest BCUT2D eigenvalue weighted by molar-refractivity contribution is 9.10. The molecule has 1 saturated heterocycles. The number of nitrogens with one attached hydrogen (secondary N) is 1. The van der Waals surface area contributed by atoms with Gasteiger partial charge in [0.25, 0.3) is 0 Å². The molecule has 0 spiro atoms. The van der Waals surface area contributed by atoms with E-state index < -0.39 is 0 Å². The van der Waals surface area contributed by atoms with Gasteiger partial charge < -0.3 is 14.6 Å². The van der Waals surface area contributed by atoms with Crippen LogP contribution >= 0.6 is 15.9 Å². The Morgan fingerprint density at radius 3 is 3.10 bits per heavy atom. The minimum Gasteiger partial charge on any atom is -0.377 e. The summed E-state index contributed by atoms with van der Waals surface area (Å²) in [5, 5.41) is 4.33. The van der Waals surface area contributed by atoms with Crippen molar-refractivity contribution in [3.8, 4) is 0 Å². The van der Waals surface area contributed by atoms with E-state index in [-0.39, 0.29) is 11.5 Å². The first-order valence-electron chi connectivity index (χ1n) is 6.75. The van der Waals surface area contributed by atoms with Crippen molar-refractivity contribution in [2.75, 3.05) is 24.7 Å². The number of rotatable bonds is 2. The van der Waals surface area contributed by atoms with Crippen molar-refractivity contribution in [2.24, 2.45) is 0 Å². The van der Waals surface area contributed by atoms with Gasteiger partial charge in [-0.25, -0.2) is 0 Å². The SMILES string of the molecule is CCn1nc(Br)c2[nH]c(N3CCOCC3C)cc(=O)c21. The van der Waals surface area contributed by atoms with Gasteiger partial charge in [-0.3, -0.25) is 9.48 Å². The van der Waals surface area contributed by atoms with Crippen molar-refractivity contribution in [1.82, 2.24) is 14.8 Å².